The molecule has 3 rings (SSSR count). The van der Waals surface area contributed by atoms with Crippen molar-refractivity contribution in [2.24, 2.45) is 17.8 Å². The Morgan fingerprint density at radius 3 is 2.42 bits per heavy atom. The fourth-order valence-electron chi connectivity index (χ4n) is 2.96. The van der Waals surface area contributed by atoms with E-state index in [4.69, 9.17) is 0 Å². The minimum Gasteiger partial charge on any atom is -0.303 e. The van der Waals surface area contributed by atoms with Crippen LogP contribution in [0.4, 0.5) is 0 Å². The van der Waals surface area contributed by atoms with Crippen LogP contribution >= 0.6 is 0 Å². The molecule has 12 heavy (non-hydrogen) atoms. The van der Waals surface area contributed by atoms with E-state index in [0.717, 1.165) is 17.8 Å². The van der Waals surface area contributed by atoms with E-state index in [-0.39, 0.29) is 0 Å². The van der Waals surface area contributed by atoms with Crippen LogP contribution in [0.2, 0.25) is 0 Å². The van der Waals surface area contributed by atoms with E-state index in [9.17, 15) is 0 Å². The topological polar surface area (TPSA) is 3.24 Å². The SMILES string of the molecule is CCC(C)[C@H]1CN2CCC1CC2. The van der Waals surface area contributed by atoms with Crippen LogP contribution in [-0.2, 0) is 0 Å². The van der Waals surface area contributed by atoms with Crippen LogP contribution in [0.3, 0.4) is 0 Å². The normalized spacial score (nSPS) is 43.0. The van der Waals surface area contributed by atoms with Crippen molar-refractivity contribution < 1.29 is 0 Å². The number of fused-ring (bicyclic) bond motifs is 3. The van der Waals surface area contributed by atoms with Crippen LogP contribution in [0.1, 0.15) is 33.1 Å². The highest BCUT2D eigenvalue weighted by atomic mass is 15.1. The van der Waals surface area contributed by atoms with Gasteiger partial charge in [0.1, 0.15) is 0 Å². The zero-order chi connectivity index (χ0) is 8.55. The molecule has 0 N–H and O–H groups in total. The second-order valence-electron chi connectivity index (χ2n) is 4.69. The summed E-state index contributed by atoms with van der Waals surface area (Å²) < 4.78 is 0. The van der Waals surface area contributed by atoms with Gasteiger partial charge in [0.2, 0.25) is 0 Å². The molecule has 1 unspecified atom stereocenters. The molecule has 70 valence electrons. The molecule has 0 saturated carbocycles. The monoisotopic (exact) mass is 167 g/mol. The molecule has 1 heteroatoms. The predicted molar refractivity (Wildman–Crippen MR) is 52.1 cm³/mol. The Balaban J connectivity index is 1.99. The Hall–Kier alpha value is -0.0400. The molecule has 2 bridgehead atoms. The zero-order valence-corrected chi connectivity index (χ0v) is 8.42. The second-order valence-corrected chi connectivity index (χ2v) is 4.69. The third-order valence-electron chi connectivity index (χ3n) is 4.08. The molecule has 3 aliphatic heterocycles. The van der Waals surface area contributed by atoms with E-state index in [2.05, 4.69) is 18.7 Å². The molecule has 0 aliphatic carbocycles. The van der Waals surface area contributed by atoms with Gasteiger partial charge >= 0.3 is 0 Å². The molecule has 0 radical (unpaired) electrons. The quantitative estimate of drug-likeness (QED) is 0.610. The highest BCUT2D eigenvalue weighted by Crippen LogP contribution is 2.37. The van der Waals surface area contributed by atoms with Gasteiger partial charge in [-0.2, -0.15) is 0 Å². The van der Waals surface area contributed by atoms with E-state index >= 15 is 0 Å². The first-order valence-corrected chi connectivity index (χ1v) is 5.53. The highest BCUT2D eigenvalue weighted by Gasteiger charge is 2.35. The van der Waals surface area contributed by atoms with Crippen molar-refractivity contribution in [3.63, 3.8) is 0 Å². The smallest absolute Gasteiger partial charge is 0.00149 e. The van der Waals surface area contributed by atoms with Crippen molar-refractivity contribution in [1.82, 2.24) is 4.90 Å². The maximum atomic E-state index is 2.66. The molecular formula is C11H21N. The molecule has 3 aliphatic rings. The summed E-state index contributed by atoms with van der Waals surface area (Å²) in [5.74, 6) is 3.06. The third kappa shape index (κ3) is 1.39. The molecule has 0 amide bonds. The van der Waals surface area contributed by atoms with Gasteiger partial charge in [0.25, 0.3) is 0 Å². The van der Waals surface area contributed by atoms with Gasteiger partial charge in [-0.25, -0.2) is 0 Å². The fourth-order valence-corrected chi connectivity index (χ4v) is 2.96. The molecule has 0 aromatic rings. The summed E-state index contributed by atoms with van der Waals surface area (Å²) in [6, 6.07) is 0. The standard InChI is InChI=1S/C11H21N/c1-3-9(2)11-8-12-6-4-10(11)5-7-12/h9-11H,3-8H2,1-2H3/t9?,11-/m1/s1. The Kier molecular flexibility index (Phi) is 2.40. The Morgan fingerprint density at radius 2 is 2.00 bits per heavy atom. The van der Waals surface area contributed by atoms with Crippen molar-refractivity contribution in [3.05, 3.63) is 0 Å². The van der Waals surface area contributed by atoms with Gasteiger partial charge in [-0.05, 0) is 43.7 Å². The molecule has 2 atom stereocenters. The number of rotatable bonds is 2. The van der Waals surface area contributed by atoms with Gasteiger partial charge in [-0.3, -0.25) is 0 Å². The summed E-state index contributed by atoms with van der Waals surface area (Å²) in [5.41, 5.74) is 0. The van der Waals surface area contributed by atoms with Crippen molar-refractivity contribution in [1.29, 1.82) is 0 Å². The zero-order valence-electron chi connectivity index (χ0n) is 8.42. The van der Waals surface area contributed by atoms with Crippen molar-refractivity contribution in [2.75, 3.05) is 19.6 Å². The first-order chi connectivity index (χ1) is 5.81. The average Bonchev–Trinajstić information content (AvgIpc) is 2.18. The number of piperidine rings is 3. The maximum absolute atomic E-state index is 2.66. The molecule has 3 heterocycles. The molecule has 3 saturated heterocycles. The van der Waals surface area contributed by atoms with Gasteiger partial charge in [0, 0.05) is 6.54 Å². The molecule has 1 nitrogen and oxygen atoms in total. The van der Waals surface area contributed by atoms with Crippen LogP contribution in [0.25, 0.3) is 0 Å². The van der Waals surface area contributed by atoms with Crippen LogP contribution in [0.15, 0.2) is 0 Å². The molecule has 3 fully saturated rings. The van der Waals surface area contributed by atoms with Crippen LogP contribution in [-0.4, -0.2) is 24.5 Å². The molecule has 0 aromatic carbocycles. The maximum Gasteiger partial charge on any atom is 0.00149 e. The molecule has 0 spiro atoms. The second kappa shape index (κ2) is 3.37. The number of hydrogen-bond donors (Lipinski definition) is 0. The van der Waals surface area contributed by atoms with Gasteiger partial charge in [0.15, 0.2) is 0 Å². The van der Waals surface area contributed by atoms with Crippen LogP contribution in [0.5, 0.6) is 0 Å². The van der Waals surface area contributed by atoms with Crippen LogP contribution in [0, 0.1) is 17.8 Å². The summed E-state index contributed by atoms with van der Waals surface area (Å²) in [7, 11) is 0. The Morgan fingerprint density at radius 1 is 1.33 bits per heavy atom. The average molecular weight is 167 g/mol. The van der Waals surface area contributed by atoms with Crippen molar-refractivity contribution >= 4 is 0 Å². The first kappa shape index (κ1) is 8.55. The first-order valence-electron chi connectivity index (χ1n) is 5.53. The van der Waals surface area contributed by atoms with Gasteiger partial charge in [-0.15, -0.1) is 0 Å². The summed E-state index contributed by atoms with van der Waals surface area (Å²) in [5, 5.41) is 0. The lowest BCUT2D eigenvalue weighted by Gasteiger charge is -2.47. The lowest BCUT2D eigenvalue weighted by Crippen LogP contribution is -2.49. The Bertz CT molecular complexity index is 147. The lowest BCUT2D eigenvalue weighted by atomic mass is 9.72. The van der Waals surface area contributed by atoms with Crippen molar-refractivity contribution in [3.8, 4) is 0 Å². The van der Waals surface area contributed by atoms with E-state index in [0.29, 0.717) is 0 Å². The largest absolute Gasteiger partial charge is 0.303 e. The van der Waals surface area contributed by atoms with Gasteiger partial charge in [0.05, 0.1) is 0 Å². The van der Waals surface area contributed by atoms with E-state index in [1.165, 1.54) is 38.9 Å². The van der Waals surface area contributed by atoms with E-state index in [1.807, 2.05) is 0 Å². The minimum atomic E-state index is 0.957. The predicted octanol–water partition coefficient (Wildman–Crippen LogP) is 2.37. The van der Waals surface area contributed by atoms with Gasteiger partial charge in [-0.1, -0.05) is 20.3 Å². The lowest BCUT2D eigenvalue weighted by molar-refractivity contribution is 0.0227. The third-order valence-corrected chi connectivity index (χ3v) is 4.08. The highest BCUT2D eigenvalue weighted by molar-refractivity contribution is 4.88. The number of nitrogens with zero attached hydrogens (tertiary/aromatic N) is 1. The fraction of sp³-hybridized carbons (Fsp3) is 1.00. The van der Waals surface area contributed by atoms with Crippen LogP contribution < -0.4 is 0 Å². The summed E-state index contributed by atoms with van der Waals surface area (Å²) >= 11 is 0. The summed E-state index contributed by atoms with van der Waals surface area (Å²) in [4.78, 5) is 2.66. The minimum absolute atomic E-state index is 0.957. The summed E-state index contributed by atoms with van der Waals surface area (Å²) in [6.45, 7) is 8.95. The van der Waals surface area contributed by atoms with Crippen molar-refractivity contribution in [2.45, 2.75) is 33.1 Å². The molecular weight excluding hydrogens is 146 g/mol. The summed E-state index contributed by atoms with van der Waals surface area (Å²) in [6.07, 6.45) is 4.33. The molecule has 0 aromatic heterocycles. The Labute approximate surface area is 76.1 Å². The van der Waals surface area contributed by atoms with E-state index in [1.54, 1.807) is 0 Å². The number of hydrogen-bond acceptors (Lipinski definition) is 1. The van der Waals surface area contributed by atoms with Gasteiger partial charge < -0.3 is 4.90 Å². The van der Waals surface area contributed by atoms with E-state index < -0.39 is 0 Å².